The van der Waals surface area contributed by atoms with Crippen LogP contribution in [0.1, 0.15) is 53.0 Å². The quantitative estimate of drug-likeness (QED) is 0.824. The fourth-order valence-electron chi connectivity index (χ4n) is 3.40. The van der Waals surface area contributed by atoms with E-state index in [4.69, 9.17) is 0 Å². The Hall–Kier alpha value is -0.890. The van der Waals surface area contributed by atoms with Gasteiger partial charge in [0.2, 0.25) is 0 Å². The molecular formula is C19H30FN. The second-order valence-electron chi connectivity index (χ2n) is 8.29. The van der Waals surface area contributed by atoms with Crippen molar-refractivity contribution in [1.82, 2.24) is 5.32 Å². The molecule has 0 aromatic heterocycles. The van der Waals surface area contributed by atoms with Crippen LogP contribution < -0.4 is 5.32 Å². The maximum absolute atomic E-state index is 13.6. The molecule has 0 unspecified atom stereocenters. The molecule has 1 fully saturated rings. The molecule has 0 spiro atoms. The van der Waals surface area contributed by atoms with Crippen molar-refractivity contribution in [2.45, 2.75) is 52.9 Å². The molecule has 21 heavy (non-hydrogen) atoms. The van der Waals surface area contributed by atoms with Crippen LogP contribution in [0.15, 0.2) is 24.3 Å². The number of rotatable bonds is 5. The first-order valence-electron chi connectivity index (χ1n) is 8.20. The lowest BCUT2D eigenvalue weighted by Gasteiger charge is -2.53. The van der Waals surface area contributed by atoms with E-state index in [2.05, 4.69) is 46.0 Å². The molecule has 2 heteroatoms. The zero-order valence-corrected chi connectivity index (χ0v) is 14.2. The summed E-state index contributed by atoms with van der Waals surface area (Å²) in [5.74, 6) is 1.25. The second-order valence-corrected chi connectivity index (χ2v) is 8.29. The zero-order valence-electron chi connectivity index (χ0n) is 14.2. The molecule has 0 heterocycles. The predicted octanol–water partition coefficient (Wildman–Crippen LogP) is 4.77. The van der Waals surface area contributed by atoms with E-state index in [0.717, 1.165) is 31.8 Å². The summed E-state index contributed by atoms with van der Waals surface area (Å²) in [7, 11) is 0. The van der Waals surface area contributed by atoms with Crippen LogP contribution in [0.2, 0.25) is 0 Å². The van der Waals surface area contributed by atoms with Crippen molar-refractivity contribution in [2.24, 2.45) is 17.3 Å². The molecule has 0 radical (unpaired) electrons. The first-order valence-corrected chi connectivity index (χ1v) is 8.20. The Morgan fingerprint density at radius 2 is 1.95 bits per heavy atom. The Balaban J connectivity index is 2.13. The van der Waals surface area contributed by atoms with E-state index < -0.39 is 0 Å². The van der Waals surface area contributed by atoms with Crippen molar-refractivity contribution in [3.8, 4) is 0 Å². The van der Waals surface area contributed by atoms with Gasteiger partial charge in [0.15, 0.2) is 0 Å². The Labute approximate surface area is 129 Å². The van der Waals surface area contributed by atoms with E-state index >= 15 is 0 Å². The first kappa shape index (κ1) is 16.5. The fourth-order valence-corrected chi connectivity index (χ4v) is 3.40. The lowest BCUT2D eigenvalue weighted by Crippen LogP contribution is -2.52. The standard InChI is InChI=1S/C19H30FN/c1-14(2)12-21-13-19(10-16(11-19)18(3,4)5)15-7-6-8-17(20)9-15/h6-9,14,16,21H,10-13H2,1-5H3. The Bertz CT molecular complexity index is 467. The van der Waals surface area contributed by atoms with Crippen LogP contribution in [0.5, 0.6) is 0 Å². The van der Waals surface area contributed by atoms with E-state index in [0.29, 0.717) is 11.3 Å². The molecule has 1 aliphatic carbocycles. The molecular weight excluding hydrogens is 261 g/mol. The number of hydrogen-bond acceptors (Lipinski definition) is 1. The molecule has 1 N–H and O–H groups in total. The van der Waals surface area contributed by atoms with Gasteiger partial charge in [-0.2, -0.15) is 0 Å². The maximum Gasteiger partial charge on any atom is 0.123 e. The molecule has 1 aliphatic rings. The smallest absolute Gasteiger partial charge is 0.123 e. The average Bonchev–Trinajstić information content (AvgIpc) is 2.30. The van der Waals surface area contributed by atoms with E-state index in [1.807, 2.05) is 6.07 Å². The van der Waals surface area contributed by atoms with Crippen LogP contribution in [-0.4, -0.2) is 13.1 Å². The van der Waals surface area contributed by atoms with Crippen molar-refractivity contribution in [3.63, 3.8) is 0 Å². The summed E-state index contributed by atoms with van der Waals surface area (Å²) < 4.78 is 13.6. The molecule has 1 aromatic carbocycles. The third kappa shape index (κ3) is 3.85. The minimum atomic E-state index is -0.116. The van der Waals surface area contributed by atoms with Gasteiger partial charge in [-0.25, -0.2) is 4.39 Å². The van der Waals surface area contributed by atoms with Crippen molar-refractivity contribution in [1.29, 1.82) is 0 Å². The number of halogens is 1. The van der Waals surface area contributed by atoms with Crippen LogP contribution in [0.25, 0.3) is 0 Å². The zero-order chi connectivity index (χ0) is 15.7. The summed E-state index contributed by atoms with van der Waals surface area (Å²) in [4.78, 5) is 0. The van der Waals surface area contributed by atoms with E-state index in [1.165, 1.54) is 5.56 Å². The van der Waals surface area contributed by atoms with Gasteiger partial charge in [-0.3, -0.25) is 0 Å². The molecule has 2 rings (SSSR count). The van der Waals surface area contributed by atoms with Gasteiger partial charge in [0.05, 0.1) is 0 Å². The minimum Gasteiger partial charge on any atom is -0.316 e. The maximum atomic E-state index is 13.6. The minimum absolute atomic E-state index is 0.116. The number of benzene rings is 1. The summed E-state index contributed by atoms with van der Waals surface area (Å²) >= 11 is 0. The first-order chi connectivity index (χ1) is 9.73. The van der Waals surface area contributed by atoms with E-state index in [9.17, 15) is 4.39 Å². The Morgan fingerprint density at radius 3 is 2.48 bits per heavy atom. The topological polar surface area (TPSA) is 12.0 Å². The normalized spacial score (nSPS) is 26.0. The molecule has 1 saturated carbocycles. The molecule has 1 nitrogen and oxygen atoms in total. The van der Waals surface area contributed by atoms with Gasteiger partial charge in [0, 0.05) is 12.0 Å². The summed E-state index contributed by atoms with van der Waals surface area (Å²) in [5.41, 5.74) is 1.63. The highest BCUT2D eigenvalue weighted by atomic mass is 19.1. The van der Waals surface area contributed by atoms with Crippen LogP contribution in [0, 0.1) is 23.1 Å². The van der Waals surface area contributed by atoms with E-state index in [-0.39, 0.29) is 11.2 Å². The van der Waals surface area contributed by atoms with Crippen molar-refractivity contribution in [3.05, 3.63) is 35.6 Å². The molecule has 0 bridgehead atoms. The largest absolute Gasteiger partial charge is 0.316 e. The highest BCUT2D eigenvalue weighted by molar-refractivity contribution is 5.30. The van der Waals surface area contributed by atoms with Gasteiger partial charge in [0.25, 0.3) is 0 Å². The summed E-state index contributed by atoms with van der Waals surface area (Å²) in [6.07, 6.45) is 2.32. The Kier molecular flexibility index (Phi) is 4.77. The number of hydrogen-bond donors (Lipinski definition) is 1. The molecule has 0 saturated heterocycles. The van der Waals surface area contributed by atoms with Crippen LogP contribution in [0.3, 0.4) is 0 Å². The molecule has 1 aromatic rings. The third-order valence-electron chi connectivity index (χ3n) is 4.95. The molecule has 0 aliphatic heterocycles. The lowest BCUT2D eigenvalue weighted by atomic mass is 9.52. The van der Waals surface area contributed by atoms with Crippen molar-refractivity contribution < 1.29 is 4.39 Å². The van der Waals surface area contributed by atoms with Gasteiger partial charge < -0.3 is 5.32 Å². The van der Waals surface area contributed by atoms with Crippen molar-refractivity contribution in [2.75, 3.05) is 13.1 Å². The van der Waals surface area contributed by atoms with Gasteiger partial charge in [-0.15, -0.1) is 0 Å². The summed E-state index contributed by atoms with van der Waals surface area (Å²) in [6.45, 7) is 13.4. The Morgan fingerprint density at radius 1 is 1.29 bits per heavy atom. The molecule has 0 amide bonds. The van der Waals surface area contributed by atoms with Crippen LogP contribution in [0.4, 0.5) is 4.39 Å². The number of nitrogens with one attached hydrogen (secondary N) is 1. The predicted molar refractivity (Wildman–Crippen MR) is 88.0 cm³/mol. The SMILES string of the molecule is CC(C)CNCC1(c2cccc(F)c2)CC(C(C)(C)C)C1. The van der Waals surface area contributed by atoms with Gasteiger partial charge >= 0.3 is 0 Å². The van der Waals surface area contributed by atoms with Gasteiger partial charge in [-0.1, -0.05) is 46.8 Å². The summed E-state index contributed by atoms with van der Waals surface area (Å²) in [6, 6.07) is 7.22. The third-order valence-corrected chi connectivity index (χ3v) is 4.95. The van der Waals surface area contributed by atoms with Crippen molar-refractivity contribution >= 4 is 0 Å². The van der Waals surface area contributed by atoms with E-state index in [1.54, 1.807) is 12.1 Å². The van der Waals surface area contributed by atoms with Crippen LogP contribution >= 0.6 is 0 Å². The highest BCUT2D eigenvalue weighted by Gasteiger charge is 2.49. The second kappa shape index (κ2) is 6.08. The van der Waals surface area contributed by atoms with Crippen LogP contribution in [-0.2, 0) is 5.41 Å². The average molecular weight is 291 g/mol. The van der Waals surface area contributed by atoms with Gasteiger partial charge in [0.1, 0.15) is 5.82 Å². The summed E-state index contributed by atoms with van der Waals surface area (Å²) in [5, 5.41) is 3.60. The highest BCUT2D eigenvalue weighted by Crippen LogP contribution is 2.54. The molecule has 118 valence electrons. The monoisotopic (exact) mass is 291 g/mol. The van der Waals surface area contributed by atoms with Gasteiger partial charge in [-0.05, 0) is 54.3 Å². The fraction of sp³-hybridized carbons (Fsp3) is 0.684. The lowest BCUT2D eigenvalue weighted by molar-refractivity contribution is 0.0443. The molecule has 0 atom stereocenters.